The summed E-state index contributed by atoms with van der Waals surface area (Å²) in [5.74, 6) is -2.30. The van der Waals surface area contributed by atoms with E-state index < -0.39 is 26.6 Å². The molecule has 0 aliphatic carbocycles. The highest BCUT2D eigenvalue weighted by Crippen LogP contribution is 2.23. The second-order valence-electron chi connectivity index (χ2n) is 4.23. The minimum atomic E-state index is -4.35. The number of benzene rings is 2. The van der Waals surface area contributed by atoms with Gasteiger partial charge in [0.2, 0.25) is 0 Å². The molecule has 0 atom stereocenters. The Kier molecular flexibility index (Phi) is 3.63. The van der Waals surface area contributed by atoms with Gasteiger partial charge in [-0.15, -0.1) is 0 Å². The van der Waals surface area contributed by atoms with E-state index in [1.165, 1.54) is 18.2 Å². The summed E-state index contributed by atoms with van der Waals surface area (Å²) in [6.07, 6.45) is 0. The molecule has 0 saturated heterocycles. The van der Waals surface area contributed by atoms with Crippen molar-refractivity contribution in [3.8, 4) is 0 Å². The molecule has 106 valence electrons. The third-order valence-corrected chi connectivity index (χ3v) is 4.14. The summed E-state index contributed by atoms with van der Waals surface area (Å²) in [5.41, 5.74) is 6.94. The predicted molar refractivity (Wildman–Crippen MR) is 72.8 cm³/mol. The Bertz CT molecular complexity index is 741. The van der Waals surface area contributed by atoms with Crippen molar-refractivity contribution >= 4 is 21.4 Å². The van der Waals surface area contributed by atoms with Crippen molar-refractivity contribution in [2.75, 3.05) is 10.5 Å². The van der Waals surface area contributed by atoms with Gasteiger partial charge in [0.1, 0.15) is 11.6 Å². The van der Waals surface area contributed by atoms with E-state index in [9.17, 15) is 17.2 Å². The summed E-state index contributed by atoms with van der Waals surface area (Å²) in [4.78, 5) is -1.01. The third kappa shape index (κ3) is 2.72. The van der Waals surface area contributed by atoms with E-state index in [0.717, 1.165) is 18.2 Å². The van der Waals surface area contributed by atoms with Crippen molar-refractivity contribution in [2.24, 2.45) is 0 Å². The van der Waals surface area contributed by atoms with Gasteiger partial charge in [-0.2, -0.15) is 0 Å². The lowest BCUT2D eigenvalue weighted by molar-refractivity contribution is 0.521. The average Bonchev–Trinajstić information content (AvgIpc) is 2.33. The quantitative estimate of drug-likeness (QED) is 0.856. The minimum Gasteiger partial charge on any atom is -0.399 e. The molecule has 2 aromatic carbocycles. The number of aryl methyl sites for hydroxylation is 1. The van der Waals surface area contributed by atoms with E-state index >= 15 is 0 Å². The van der Waals surface area contributed by atoms with Crippen LogP contribution < -0.4 is 10.5 Å². The molecule has 0 spiro atoms. The van der Waals surface area contributed by atoms with Crippen LogP contribution in [0.4, 0.5) is 20.2 Å². The molecule has 0 unspecified atom stereocenters. The molecule has 2 aromatic rings. The Morgan fingerprint density at radius 3 is 2.25 bits per heavy atom. The smallest absolute Gasteiger partial charge is 0.267 e. The van der Waals surface area contributed by atoms with E-state index in [4.69, 9.17) is 5.73 Å². The van der Waals surface area contributed by atoms with Crippen molar-refractivity contribution < 1.29 is 17.2 Å². The maximum absolute atomic E-state index is 13.5. The first-order valence-electron chi connectivity index (χ1n) is 5.64. The van der Waals surface area contributed by atoms with Crippen molar-refractivity contribution in [3.63, 3.8) is 0 Å². The average molecular weight is 298 g/mol. The number of nitrogens with one attached hydrogen (secondary N) is 1. The zero-order chi connectivity index (χ0) is 14.9. The number of nitrogens with two attached hydrogens (primary N) is 1. The first-order chi connectivity index (χ1) is 9.31. The van der Waals surface area contributed by atoms with Crippen molar-refractivity contribution in [1.82, 2.24) is 0 Å². The molecule has 2 rings (SSSR count). The summed E-state index contributed by atoms with van der Waals surface area (Å²) in [5, 5.41) is 0. The van der Waals surface area contributed by atoms with Crippen LogP contribution in [0.5, 0.6) is 0 Å². The van der Waals surface area contributed by atoms with Crippen LogP contribution in [0.25, 0.3) is 0 Å². The van der Waals surface area contributed by atoms with Gasteiger partial charge in [0.05, 0.1) is 0 Å². The number of hydrogen-bond donors (Lipinski definition) is 2. The first kappa shape index (κ1) is 14.3. The fourth-order valence-electron chi connectivity index (χ4n) is 1.68. The summed E-state index contributed by atoms with van der Waals surface area (Å²) >= 11 is 0. The number of nitrogen functional groups attached to an aromatic ring is 1. The van der Waals surface area contributed by atoms with Crippen molar-refractivity contribution in [3.05, 3.63) is 53.6 Å². The highest BCUT2D eigenvalue weighted by atomic mass is 32.2. The summed E-state index contributed by atoms with van der Waals surface area (Å²) in [6, 6.07) is 7.25. The summed E-state index contributed by atoms with van der Waals surface area (Å²) in [6.45, 7) is 1.69. The van der Waals surface area contributed by atoms with Crippen LogP contribution in [-0.2, 0) is 10.0 Å². The van der Waals surface area contributed by atoms with Crippen LogP contribution in [0, 0.1) is 18.6 Å². The van der Waals surface area contributed by atoms with Gasteiger partial charge >= 0.3 is 0 Å². The molecule has 0 amide bonds. The molecule has 0 radical (unpaired) electrons. The number of halogens is 2. The van der Waals surface area contributed by atoms with Crippen molar-refractivity contribution in [2.45, 2.75) is 11.8 Å². The van der Waals surface area contributed by atoms with Gasteiger partial charge in [-0.1, -0.05) is 6.07 Å². The molecule has 3 N–H and O–H groups in total. The molecule has 20 heavy (non-hydrogen) atoms. The van der Waals surface area contributed by atoms with Gasteiger partial charge in [-0.05, 0) is 42.8 Å². The number of anilines is 2. The van der Waals surface area contributed by atoms with Crippen LogP contribution in [-0.4, -0.2) is 8.42 Å². The second kappa shape index (κ2) is 5.09. The highest BCUT2D eigenvalue weighted by Gasteiger charge is 2.23. The van der Waals surface area contributed by atoms with Crippen molar-refractivity contribution in [1.29, 1.82) is 0 Å². The Hall–Kier alpha value is -2.15. The molecular weight excluding hydrogens is 286 g/mol. The zero-order valence-electron chi connectivity index (χ0n) is 10.5. The van der Waals surface area contributed by atoms with Crippen LogP contribution in [0.2, 0.25) is 0 Å². The molecule has 0 aromatic heterocycles. The van der Waals surface area contributed by atoms with E-state index in [1.807, 2.05) is 0 Å². The van der Waals surface area contributed by atoms with E-state index in [2.05, 4.69) is 4.72 Å². The third-order valence-electron chi connectivity index (χ3n) is 2.71. The topological polar surface area (TPSA) is 72.2 Å². The monoisotopic (exact) mass is 298 g/mol. The maximum Gasteiger partial charge on any atom is 0.267 e. The molecule has 0 saturated carbocycles. The number of sulfonamides is 1. The van der Waals surface area contributed by atoms with Gasteiger partial charge in [-0.25, -0.2) is 17.2 Å². The van der Waals surface area contributed by atoms with Gasteiger partial charge in [0, 0.05) is 11.4 Å². The molecule has 4 nitrogen and oxygen atoms in total. The van der Waals surface area contributed by atoms with Gasteiger partial charge in [-0.3, -0.25) is 4.72 Å². The molecule has 0 bridgehead atoms. The molecule has 0 heterocycles. The number of hydrogen-bond acceptors (Lipinski definition) is 3. The fraction of sp³-hybridized carbons (Fsp3) is 0.0769. The van der Waals surface area contributed by atoms with Crippen LogP contribution in [0.3, 0.4) is 0 Å². The lowest BCUT2D eigenvalue weighted by atomic mass is 10.2. The molecule has 0 aliphatic rings. The minimum absolute atomic E-state index is 0.180. The fourth-order valence-corrected chi connectivity index (χ4v) is 2.87. The Morgan fingerprint density at radius 2 is 1.70 bits per heavy atom. The van der Waals surface area contributed by atoms with Crippen LogP contribution in [0.15, 0.2) is 41.3 Å². The summed E-state index contributed by atoms with van der Waals surface area (Å²) in [7, 11) is -4.35. The summed E-state index contributed by atoms with van der Waals surface area (Å²) < 4.78 is 53.2. The SMILES string of the molecule is Cc1cc(NS(=O)(=O)c2c(F)cccc2F)ccc1N. The van der Waals surface area contributed by atoms with Gasteiger partial charge in [0.15, 0.2) is 4.90 Å². The lowest BCUT2D eigenvalue weighted by Gasteiger charge is -2.11. The molecule has 0 aliphatic heterocycles. The Morgan fingerprint density at radius 1 is 1.10 bits per heavy atom. The molecular formula is C13H12F2N2O2S. The van der Waals surface area contributed by atoms with E-state index in [0.29, 0.717) is 11.3 Å². The maximum atomic E-state index is 13.5. The van der Waals surface area contributed by atoms with E-state index in [1.54, 1.807) is 6.92 Å². The Balaban J connectivity index is 2.43. The van der Waals surface area contributed by atoms with E-state index in [-0.39, 0.29) is 5.69 Å². The van der Waals surface area contributed by atoms with Gasteiger partial charge < -0.3 is 5.73 Å². The normalized spacial score (nSPS) is 11.3. The van der Waals surface area contributed by atoms with Crippen LogP contribution in [0.1, 0.15) is 5.56 Å². The largest absolute Gasteiger partial charge is 0.399 e. The first-order valence-corrected chi connectivity index (χ1v) is 7.12. The molecule has 7 heteroatoms. The number of rotatable bonds is 3. The predicted octanol–water partition coefficient (Wildman–Crippen LogP) is 2.66. The molecule has 0 fully saturated rings. The van der Waals surface area contributed by atoms with Crippen LogP contribution >= 0.6 is 0 Å². The lowest BCUT2D eigenvalue weighted by Crippen LogP contribution is -2.16. The van der Waals surface area contributed by atoms with Gasteiger partial charge in [0.25, 0.3) is 10.0 Å². The Labute approximate surface area is 115 Å². The zero-order valence-corrected chi connectivity index (χ0v) is 11.3. The second-order valence-corrected chi connectivity index (χ2v) is 5.85. The standard InChI is InChI=1S/C13H12F2N2O2S/c1-8-7-9(5-6-12(8)16)17-20(18,19)13-10(14)3-2-4-11(13)15/h2-7,17H,16H2,1H3. The highest BCUT2D eigenvalue weighted by molar-refractivity contribution is 7.92.